The number of esters is 1. The van der Waals surface area contributed by atoms with Crippen molar-refractivity contribution >= 4 is 34.2 Å². The molecule has 136 valence electrons. The summed E-state index contributed by atoms with van der Waals surface area (Å²) in [6.07, 6.45) is 1.04. The van der Waals surface area contributed by atoms with Crippen molar-refractivity contribution in [2.45, 2.75) is 19.8 Å². The Labute approximate surface area is 152 Å². The fourth-order valence-electron chi connectivity index (χ4n) is 3.23. The smallest absolute Gasteiger partial charge is 0.313 e. The molecule has 0 aliphatic carbocycles. The van der Waals surface area contributed by atoms with Crippen LogP contribution in [0.25, 0.3) is 10.8 Å². The Kier molecular flexibility index (Phi) is 5.51. The second-order valence-corrected chi connectivity index (χ2v) is 6.30. The quantitative estimate of drug-likeness (QED) is 0.679. The summed E-state index contributed by atoms with van der Waals surface area (Å²) in [7, 11) is 0. The fraction of sp³-hybridized carbons (Fsp3) is 0.350. The van der Waals surface area contributed by atoms with Crippen LogP contribution in [0.1, 0.15) is 19.8 Å². The van der Waals surface area contributed by atoms with E-state index in [2.05, 4.69) is 5.32 Å². The summed E-state index contributed by atoms with van der Waals surface area (Å²) >= 11 is 0. The first kappa shape index (κ1) is 17.9. The molecule has 0 unspecified atom stereocenters. The van der Waals surface area contributed by atoms with Gasteiger partial charge in [-0.2, -0.15) is 0 Å². The number of benzene rings is 2. The van der Waals surface area contributed by atoms with Crippen LogP contribution in [0.4, 0.5) is 5.69 Å². The molecule has 2 amide bonds. The number of anilines is 1. The number of ether oxygens (including phenoxy) is 1. The van der Waals surface area contributed by atoms with Gasteiger partial charge in [-0.25, -0.2) is 0 Å². The number of rotatable bonds is 3. The maximum absolute atomic E-state index is 12.4. The van der Waals surface area contributed by atoms with Crippen molar-refractivity contribution in [3.63, 3.8) is 0 Å². The lowest BCUT2D eigenvalue weighted by atomic mass is 9.97. The van der Waals surface area contributed by atoms with Crippen molar-refractivity contribution in [2.24, 2.45) is 5.92 Å². The molecule has 3 rings (SSSR count). The van der Waals surface area contributed by atoms with E-state index in [4.69, 9.17) is 4.74 Å². The first-order valence-electron chi connectivity index (χ1n) is 8.84. The van der Waals surface area contributed by atoms with Gasteiger partial charge in [0.25, 0.3) is 0 Å². The normalized spacial score (nSPS) is 14.9. The Morgan fingerprint density at radius 3 is 2.50 bits per heavy atom. The molecule has 6 heteroatoms. The molecule has 1 heterocycles. The number of fused-ring (bicyclic) bond motifs is 1. The van der Waals surface area contributed by atoms with Crippen LogP contribution in [-0.4, -0.2) is 42.4 Å². The van der Waals surface area contributed by atoms with E-state index in [1.54, 1.807) is 13.0 Å². The second kappa shape index (κ2) is 7.99. The average Bonchev–Trinajstić information content (AvgIpc) is 2.68. The molecule has 0 bridgehead atoms. The van der Waals surface area contributed by atoms with E-state index in [0.29, 0.717) is 38.2 Å². The van der Waals surface area contributed by atoms with E-state index in [1.807, 2.05) is 36.4 Å². The monoisotopic (exact) mass is 354 g/mol. The molecule has 2 aromatic carbocycles. The zero-order chi connectivity index (χ0) is 18.5. The van der Waals surface area contributed by atoms with Crippen molar-refractivity contribution in [3.05, 3.63) is 42.5 Å². The number of hydrogen-bond donors (Lipinski definition) is 1. The predicted octanol–water partition coefficient (Wildman–Crippen LogP) is 2.58. The van der Waals surface area contributed by atoms with Gasteiger partial charge in [-0.1, -0.05) is 36.4 Å². The minimum Gasteiger partial charge on any atom is -0.466 e. The Hall–Kier alpha value is -2.89. The van der Waals surface area contributed by atoms with E-state index in [-0.39, 0.29) is 11.9 Å². The van der Waals surface area contributed by atoms with Gasteiger partial charge in [0.1, 0.15) is 0 Å². The highest BCUT2D eigenvalue weighted by Gasteiger charge is 2.30. The van der Waals surface area contributed by atoms with Crippen LogP contribution < -0.4 is 5.32 Å². The van der Waals surface area contributed by atoms with Crippen LogP contribution in [0, 0.1) is 5.92 Å². The number of amides is 2. The highest BCUT2D eigenvalue weighted by molar-refractivity contribution is 6.40. The summed E-state index contributed by atoms with van der Waals surface area (Å²) in [4.78, 5) is 38.1. The molecule has 0 aromatic heterocycles. The molecule has 0 saturated carbocycles. The molecule has 1 N–H and O–H groups in total. The highest BCUT2D eigenvalue weighted by Crippen LogP contribution is 2.23. The van der Waals surface area contributed by atoms with Crippen molar-refractivity contribution in [1.82, 2.24) is 4.90 Å². The molecule has 1 saturated heterocycles. The largest absolute Gasteiger partial charge is 0.466 e. The third-order valence-electron chi connectivity index (χ3n) is 4.63. The topological polar surface area (TPSA) is 75.7 Å². The molecule has 1 aliphatic heterocycles. The summed E-state index contributed by atoms with van der Waals surface area (Å²) in [5.74, 6) is -1.64. The molecule has 0 radical (unpaired) electrons. The average molecular weight is 354 g/mol. The molecule has 6 nitrogen and oxygen atoms in total. The summed E-state index contributed by atoms with van der Waals surface area (Å²) in [5, 5.41) is 4.59. The Morgan fingerprint density at radius 2 is 1.77 bits per heavy atom. The first-order chi connectivity index (χ1) is 12.6. The molecule has 1 aliphatic rings. The number of hydrogen-bond acceptors (Lipinski definition) is 4. The Bertz CT molecular complexity index is 820. The molecule has 1 fully saturated rings. The van der Waals surface area contributed by atoms with Gasteiger partial charge in [-0.05, 0) is 31.2 Å². The number of carbonyl (C=O) groups is 3. The third kappa shape index (κ3) is 3.85. The lowest BCUT2D eigenvalue weighted by Gasteiger charge is -2.30. The number of likely N-dealkylation sites (tertiary alicyclic amines) is 1. The predicted molar refractivity (Wildman–Crippen MR) is 98.5 cm³/mol. The number of carbonyl (C=O) groups excluding carboxylic acids is 3. The number of nitrogens with zero attached hydrogens (tertiary/aromatic N) is 1. The standard InChI is InChI=1S/C20H22N2O4/c1-2-26-20(25)15-10-12-22(13-11-15)19(24)18(23)21-17-9-5-7-14-6-3-4-8-16(14)17/h3-9,15H,2,10-13H2,1H3,(H,21,23). The number of nitrogens with one attached hydrogen (secondary N) is 1. The summed E-state index contributed by atoms with van der Waals surface area (Å²) < 4.78 is 5.02. The van der Waals surface area contributed by atoms with Crippen LogP contribution in [0.5, 0.6) is 0 Å². The summed E-state index contributed by atoms with van der Waals surface area (Å²) in [6.45, 7) is 2.89. The lowest BCUT2D eigenvalue weighted by molar-refractivity contribution is -0.152. The molecule has 0 atom stereocenters. The van der Waals surface area contributed by atoms with Gasteiger partial charge in [0, 0.05) is 24.2 Å². The highest BCUT2D eigenvalue weighted by atomic mass is 16.5. The maximum Gasteiger partial charge on any atom is 0.313 e. The molecular formula is C20H22N2O4. The fourth-order valence-corrected chi connectivity index (χ4v) is 3.23. The second-order valence-electron chi connectivity index (χ2n) is 6.30. The Balaban J connectivity index is 1.62. The van der Waals surface area contributed by atoms with Crippen LogP contribution in [0.2, 0.25) is 0 Å². The van der Waals surface area contributed by atoms with E-state index in [1.165, 1.54) is 4.90 Å². The van der Waals surface area contributed by atoms with Gasteiger partial charge in [-0.3, -0.25) is 14.4 Å². The van der Waals surface area contributed by atoms with Gasteiger partial charge >= 0.3 is 17.8 Å². The van der Waals surface area contributed by atoms with E-state index in [0.717, 1.165) is 10.8 Å². The Morgan fingerprint density at radius 1 is 1.08 bits per heavy atom. The SMILES string of the molecule is CCOC(=O)C1CCN(C(=O)C(=O)Nc2cccc3ccccc23)CC1. The summed E-state index contributed by atoms with van der Waals surface area (Å²) in [6, 6.07) is 13.2. The zero-order valence-corrected chi connectivity index (χ0v) is 14.7. The zero-order valence-electron chi connectivity index (χ0n) is 14.7. The first-order valence-corrected chi connectivity index (χ1v) is 8.84. The van der Waals surface area contributed by atoms with Gasteiger partial charge < -0.3 is 15.0 Å². The van der Waals surface area contributed by atoms with Crippen LogP contribution in [0.3, 0.4) is 0 Å². The lowest BCUT2D eigenvalue weighted by Crippen LogP contribution is -2.45. The van der Waals surface area contributed by atoms with Gasteiger partial charge in [-0.15, -0.1) is 0 Å². The van der Waals surface area contributed by atoms with Crippen molar-refractivity contribution in [2.75, 3.05) is 25.0 Å². The molecule has 2 aromatic rings. The molecular weight excluding hydrogens is 332 g/mol. The maximum atomic E-state index is 12.4. The van der Waals surface area contributed by atoms with Crippen molar-refractivity contribution < 1.29 is 19.1 Å². The van der Waals surface area contributed by atoms with Crippen molar-refractivity contribution in [1.29, 1.82) is 0 Å². The summed E-state index contributed by atoms with van der Waals surface area (Å²) in [5.41, 5.74) is 0.614. The van der Waals surface area contributed by atoms with E-state index >= 15 is 0 Å². The van der Waals surface area contributed by atoms with Crippen LogP contribution >= 0.6 is 0 Å². The van der Waals surface area contributed by atoms with Gasteiger partial charge in [0.05, 0.1) is 12.5 Å². The third-order valence-corrected chi connectivity index (χ3v) is 4.63. The van der Waals surface area contributed by atoms with Gasteiger partial charge in [0.15, 0.2) is 0 Å². The number of piperidine rings is 1. The van der Waals surface area contributed by atoms with Crippen molar-refractivity contribution in [3.8, 4) is 0 Å². The van der Waals surface area contributed by atoms with Gasteiger partial charge in [0.2, 0.25) is 0 Å². The van der Waals surface area contributed by atoms with E-state index < -0.39 is 11.8 Å². The van der Waals surface area contributed by atoms with Crippen LogP contribution in [-0.2, 0) is 19.1 Å². The molecule has 0 spiro atoms. The minimum atomic E-state index is -0.657. The minimum absolute atomic E-state index is 0.194. The van der Waals surface area contributed by atoms with E-state index in [9.17, 15) is 14.4 Å². The molecule has 26 heavy (non-hydrogen) atoms. The van der Waals surface area contributed by atoms with Crippen LogP contribution in [0.15, 0.2) is 42.5 Å².